The number of nitrogens with zero attached hydrogens (tertiary/aromatic N) is 1. The zero-order chi connectivity index (χ0) is 22.0. The van der Waals surface area contributed by atoms with Crippen molar-refractivity contribution in [3.05, 3.63) is 70.1 Å². The fraction of sp³-hybridized carbons (Fsp3) is 0.423. The van der Waals surface area contributed by atoms with Gasteiger partial charge in [-0.15, -0.1) is 0 Å². The van der Waals surface area contributed by atoms with Crippen molar-refractivity contribution in [3.8, 4) is 5.69 Å². The van der Waals surface area contributed by atoms with Crippen LogP contribution in [-0.2, 0) is 15.7 Å². The van der Waals surface area contributed by atoms with Gasteiger partial charge in [-0.1, -0.05) is 31.2 Å². The van der Waals surface area contributed by atoms with E-state index in [0.717, 1.165) is 33.9 Å². The number of hydrogen-bond donors (Lipinski definition) is 0. The van der Waals surface area contributed by atoms with Crippen molar-refractivity contribution < 1.29 is 9.31 Å². The van der Waals surface area contributed by atoms with Crippen molar-refractivity contribution in [1.82, 2.24) is 4.57 Å². The lowest BCUT2D eigenvalue weighted by Gasteiger charge is -2.32. The fourth-order valence-corrected chi connectivity index (χ4v) is 4.52. The number of benzene rings is 2. The molecule has 0 atom stereocenters. The molecule has 1 saturated carbocycles. The van der Waals surface area contributed by atoms with Gasteiger partial charge in [0.25, 0.3) is 5.56 Å². The average Bonchev–Trinajstić information content (AvgIpc) is 3.54. The summed E-state index contributed by atoms with van der Waals surface area (Å²) in [4.78, 5) is 13.4. The molecule has 0 unspecified atom stereocenters. The van der Waals surface area contributed by atoms with E-state index in [0.29, 0.717) is 5.92 Å². The van der Waals surface area contributed by atoms with Crippen molar-refractivity contribution in [3.63, 3.8) is 0 Å². The Balaban J connectivity index is 1.60. The third kappa shape index (κ3) is 3.35. The van der Waals surface area contributed by atoms with Gasteiger partial charge in [-0.2, -0.15) is 0 Å². The van der Waals surface area contributed by atoms with Crippen LogP contribution in [0.25, 0.3) is 16.5 Å². The molecule has 1 saturated heterocycles. The zero-order valence-corrected chi connectivity index (χ0v) is 19.1. The molecule has 1 aliphatic heterocycles. The topological polar surface area (TPSA) is 40.5 Å². The Morgan fingerprint density at radius 3 is 2.39 bits per heavy atom. The van der Waals surface area contributed by atoms with Crippen molar-refractivity contribution >= 4 is 23.4 Å². The minimum absolute atomic E-state index is 0.0145. The Bertz CT molecular complexity index is 1210. The van der Waals surface area contributed by atoms with E-state index in [1.807, 2.05) is 24.4 Å². The van der Waals surface area contributed by atoms with Gasteiger partial charge in [-0.05, 0) is 93.1 Å². The van der Waals surface area contributed by atoms with Gasteiger partial charge in [-0.3, -0.25) is 9.36 Å². The second kappa shape index (κ2) is 7.08. The van der Waals surface area contributed by atoms with E-state index in [-0.39, 0.29) is 5.56 Å². The van der Waals surface area contributed by atoms with Crippen LogP contribution in [0.5, 0.6) is 0 Å². The van der Waals surface area contributed by atoms with Crippen molar-refractivity contribution in [2.24, 2.45) is 0 Å². The maximum absolute atomic E-state index is 13.4. The van der Waals surface area contributed by atoms with Crippen molar-refractivity contribution in [2.45, 2.75) is 71.0 Å². The van der Waals surface area contributed by atoms with E-state index in [1.165, 1.54) is 18.4 Å². The van der Waals surface area contributed by atoms with Gasteiger partial charge in [0.15, 0.2) is 0 Å². The molecule has 0 bridgehead atoms. The van der Waals surface area contributed by atoms with Gasteiger partial charge in [0.1, 0.15) is 0 Å². The molecule has 2 fully saturated rings. The SMILES string of the molecule is CCc1c(B2OC(C)(C)C(C)(C)O2)cccc1-n1ccc2cc(C3CC3)ccc2c1=O. The largest absolute Gasteiger partial charge is 0.495 e. The second-order valence-corrected chi connectivity index (χ2v) is 9.90. The van der Waals surface area contributed by atoms with E-state index in [1.54, 1.807) is 4.57 Å². The van der Waals surface area contributed by atoms with Gasteiger partial charge in [0.2, 0.25) is 0 Å². The smallest absolute Gasteiger partial charge is 0.399 e. The Hall–Kier alpha value is -2.37. The Morgan fingerprint density at radius 2 is 1.74 bits per heavy atom. The summed E-state index contributed by atoms with van der Waals surface area (Å²) in [6.07, 6.45) is 5.20. The molecule has 3 aromatic rings. The molecule has 5 heteroatoms. The lowest BCUT2D eigenvalue weighted by molar-refractivity contribution is 0.00578. The van der Waals surface area contributed by atoms with Gasteiger partial charge < -0.3 is 9.31 Å². The van der Waals surface area contributed by atoms with Crippen LogP contribution in [0.15, 0.2) is 53.5 Å². The Kier molecular flexibility index (Phi) is 4.69. The summed E-state index contributed by atoms with van der Waals surface area (Å²) < 4.78 is 14.4. The third-order valence-electron chi connectivity index (χ3n) is 7.28. The van der Waals surface area contributed by atoms with Gasteiger partial charge in [-0.25, -0.2) is 0 Å². The van der Waals surface area contributed by atoms with Crippen LogP contribution < -0.4 is 11.0 Å². The first-order chi connectivity index (χ1) is 14.7. The number of rotatable bonds is 4. The van der Waals surface area contributed by atoms with Crippen LogP contribution in [0.1, 0.15) is 64.5 Å². The highest BCUT2D eigenvalue weighted by Gasteiger charge is 2.52. The van der Waals surface area contributed by atoms with E-state index >= 15 is 0 Å². The number of pyridine rings is 1. The summed E-state index contributed by atoms with van der Waals surface area (Å²) in [6, 6.07) is 14.4. The van der Waals surface area contributed by atoms with Crippen molar-refractivity contribution in [1.29, 1.82) is 0 Å². The lowest BCUT2D eigenvalue weighted by Crippen LogP contribution is -2.41. The summed E-state index contributed by atoms with van der Waals surface area (Å²) in [5.74, 6) is 0.676. The monoisotopic (exact) mass is 415 g/mol. The lowest BCUT2D eigenvalue weighted by atomic mass is 9.75. The molecule has 2 aliphatic rings. The predicted molar refractivity (Wildman–Crippen MR) is 127 cm³/mol. The van der Waals surface area contributed by atoms with Crippen LogP contribution in [-0.4, -0.2) is 22.9 Å². The first-order valence-corrected chi connectivity index (χ1v) is 11.3. The highest BCUT2D eigenvalue weighted by Crippen LogP contribution is 2.40. The summed E-state index contributed by atoms with van der Waals surface area (Å²) in [5, 5.41) is 1.78. The summed E-state index contributed by atoms with van der Waals surface area (Å²) in [6.45, 7) is 10.4. The van der Waals surface area contributed by atoms with Gasteiger partial charge >= 0.3 is 7.12 Å². The number of aromatic nitrogens is 1. The highest BCUT2D eigenvalue weighted by atomic mass is 16.7. The molecule has 160 valence electrons. The second-order valence-electron chi connectivity index (χ2n) is 9.90. The average molecular weight is 415 g/mol. The van der Waals surface area contributed by atoms with Gasteiger partial charge in [0, 0.05) is 11.6 Å². The molecule has 0 N–H and O–H groups in total. The number of hydrogen-bond acceptors (Lipinski definition) is 3. The highest BCUT2D eigenvalue weighted by molar-refractivity contribution is 6.62. The molecule has 0 amide bonds. The maximum atomic E-state index is 13.4. The van der Waals surface area contributed by atoms with E-state index in [9.17, 15) is 4.79 Å². The molecule has 2 aromatic carbocycles. The van der Waals surface area contributed by atoms with Crippen LogP contribution in [0.3, 0.4) is 0 Å². The molecular weight excluding hydrogens is 385 g/mol. The first-order valence-electron chi connectivity index (χ1n) is 11.3. The molecule has 2 heterocycles. The van der Waals surface area contributed by atoms with Crippen LogP contribution >= 0.6 is 0 Å². The predicted octanol–water partition coefficient (Wildman–Crippen LogP) is 4.73. The fourth-order valence-electron chi connectivity index (χ4n) is 4.52. The van der Waals surface area contributed by atoms with E-state index in [2.05, 4.69) is 58.9 Å². The molecule has 1 aromatic heterocycles. The summed E-state index contributed by atoms with van der Waals surface area (Å²) in [5.41, 5.74) is 3.53. The summed E-state index contributed by atoms with van der Waals surface area (Å²) >= 11 is 0. The Labute approximate surface area is 184 Å². The molecule has 1 aliphatic carbocycles. The first kappa shape index (κ1) is 20.5. The van der Waals surface area contributed by atoms with E-state index in [4.69, 9.17) is 9.31 Å². The quantitative estimate of drug-likeness (QED) is 0.579. The van der Waals surface area contributed by atoms with E-state index < -0.39 is 18.3 Å². The Morgan fingerprint density at radius 1 is 1.03 bits per heavy atom. The number of fused-ring (bicyclic) bond motifs is 1. The third-order valence-corrected chi connectivity index (χ3v) is 7.28. The summed E-state index contributed by atoms with van der Waals surface area (Å²) in [7, 11) is -0.447. The minimum Gasteiger partial charge on any atom is -0.399 e. The van der Waals surface area contributed by atoms with Crippen LogP contribution in [0, 0.1) is 0 Å². The van der Waals surface area contributed by atoms with Gasteiger partial charge in [0.05, 0.1) is 16.9 Å². The molecule has 5 rings (SSSR count). The molecule has 4 nitrogen and oxygen atoms in total. The minimum atomic E-state index is -0.447. The molecule has 0 spiro atoms. The van der Waals surface area contributed by atoms with Crippen LogP contribution in [0.4, 0.5) is 0 Å². The molecule has 0 radical (unpaired) electrons. The molecule has 31 heavy (non-hydrogen) atoms. The molecular formula is C26H30BNO3. The normalized spacial score (nSPS) is 19.8. The standard InChI is InChI=1S/C26H30BNO3/c1-6-20-22(27-30-25(2,3)26(4,5)31-27)8-7-9-23(20)28-15-14-19-16-18(17-10-11-17)12-13-21(19)24(28)29/h7-9,12-17H,6,10-11H2,1-5H3. The zero-order valence-electron chi connectivity index (χ0n) is 19.1. The van der Waals surface area contributed by atoms with Crippen LogP contribution in [0.2, 0.25) is 0 Å². The maximum Gasteiger partial charge on any atom is 0.495 e. The van der Waals surface area contributed by atoms with Crippen molar-refractivity contribution in [2.75, 3.05) is 0 Å².